The predicted octanol–water partition coefficient (Wildman–Crippen LogP) is 1.62. The second kappa shape index (κ2) is 6.68. The molecule has 4 rings (SSSR count). The number of nitrogens with zero attached hydrogens (tertiary/aromatic N) is 4. The van der Waals surface area contributed by atoms with E-state index in [-0.39, 0.29) is 12.5 Å². The number of amides is 1. The average Bonchev–Trinajstić information content (AvgIpc) is 3.22. The third-order valence-corrected chi connectivity index (χ3v) is 4.82. The van der Waals surface area contributed by atoms with E-state index in [1.54, 1.807) is 18.2 Å². The molecule has 0 fully saturated rings. The van der Waals surface area contributed by atoms with Gasteiger partial charge in [-0.25, -0.2) is 4.68 Å². The molecule has 0 spiro atoms. The highest BCUT2D eigenvalue weighted by molar-refractivity contribution is 5.94. The molecule has 0 radical (unpaired) electrons. The number of aliphatic hydroxyl groups is 1. The molecule has 2 aromatic carbocycles. The van der Waals surface area contributed by atoms with Crippen LogP contribution in [0.5, 0.6) is 0 Å². The summed E-state index contributed by atoms with van der Waals surface area (Å²) in [6.07, 6.45) is 3.96. The van der Waals surface area contributed by atoms with Crippen LogP contribution in [0.2, 0.25) is 0 Å². The zero-order valence-electron chi connectivity index (χ0n) is 14.2. The highest BCUT2D eigenvalue weighted by Gasteiger charge is 2.34. The SMILES string of the molecule is O=C(NC[C@]1(O)CCCc2ccccc21)c1cccc(-n2cnnn2)c1. The van der Waals surface area contributed by atoms with Crippen molar-refractivity contribution >= 4 is 5.91 Å². The Labute approximate surface area is 150 Å². The van der Waals surface area contributed by atoms with Crippen molar-refractivity contribution in [2.24, 2.45) is 0 Å². The van der Waals surface area contributed by atoms with Crippen LogP contribution in [-0.2, 0) is 12.0 Å². The molecule has 7 nitrogen and oxygen atoms in total. The summed E-state index contributed by atoms with van der Waals surface area (Å²) in [5, 5.41) is 25.0. The van der Waals surface area contributed by atoms with Crippen LogP contribution in [0.15, 0.2) is 54.9 Å². The molecule has 0 saturated carbocycles. The predicted molar refractivity (Wildman–Crippen MR) is 94.8 cm³/mol. The van der Waals surface area contributed by atoms with Gasteiger partial charge in [0, 0.05) is 5.56 Å². The van der Waals surface area contributed by atoms with Crippen molar-refractivity contribution in [3.05, 3.63) is 71.5 Å². The number of carbonyl (C=O) groups excluding carboxylic acids is 1. The van der Waals surface area contributed by atoms with Crippen LogP contribution in [0.1, 0.15) is 34.3 Å². The number of tetrazole rings is 1. The zero-order chi connectivity index (χ0) is 18.0. The smallest absolute Gasteiger partial charge is 0.251 e. The van der Waals surface area contributed by atoms with Crippen molar-refractivity contribution in [2.45, 2.75) is 24.9 Å². The molecule has 7 heteroatoms. The van der Waals surface area contributed by atoms with Crippen molar-refractivity contribution < 1.29 is 9.90 Å². The number of carbonyl (C=O) groups is 1. The van der Waals surface area contributed by atoms with Gasteiger partial charge in [0.15, 0.2) is 0 Å². The van der Waals surface area contributed by atoms with Crippen LogP contribution in [0.4, 0.5) is 0 Å². The number of aromatic nitrogens is 4. The fourth-order valence-electron chi connectivity index (χ4n) is 3.48. The van der Waals surface area contributed by atoms with Crippen molar-refractivity contribution in [3.8, 4) is 5.69 Å². The number of benzene rings is 2. The first-order valence-corrected chi connectivity index (χ1v) is 8.58. The summed E-state index contributed by atoms with van der Waals surface area (Å²) in [6, 6.07) is 14.9. The van der Waals surface area contributed by atoms with Crippen molar-refractivity contribution in [2.75, 3.05) is 6.54 Å². The van der Waals surface area contributed by atoms with Gasteiger partial charge in [-0.15, -0.1) is 5.10 Å². The topological polar surface area (TPSA) is 92.9 Å². The Morgan fingerprint density at radius 3 is 2.96 bits per heavy atom. The molecule has 3 aromatic rings. The fourth-order valence-corrected chi connectivity index (χ4v) is 3.48. The highest BCUT2D eigenvalue weighted by atomic mass is 16.3. The molecule has 1 aliphatic rings. The van der Waals surface area contributed by atoms with Gasteiger partial charge in [-0.3, -0.25) is 4.79 Å². The van der Waals surface area contributed by atoms with Gasteiger partial charge < -0.3 is 10.4 Å². The lowest BCUT2D eigenvalue weighted by molar-refractivity contribution is 0.0189. The molecule has 1 amide bonds. The van der Waals surface area contributed by atoms with Gasteiger partial charge in [0.1, 0.15) is 11.9 Å². The average molecular weight is 349 g/mol. The Morgan fingerprint density at radius 1 is 1.23 bits per heavy atom. The maximum Gasteiger partial charge on any atom is 0.251 e. The molecule has 0 aliphatic heterocycles. The van der Waals surface area contributed by atoms with Crippen LogP contribution in [-0.4, -0.2) is 37.8 Å². The number of rotatable bonds is 4. The van der Waals surface area contributed by atoms with Crippen LogP contribution >= 0.6 is 0 Å². The monoisotopic (exact) mass is 349 g/mol. The van der Waals surface area contributed by atoms with Crippen LogP contribution in [0.25, 0.3) is 5.69 Å². The second-order valence-electron chi connectivity index (χ2n) is 6.53. The summed E-state index contributed by atoms with van der Waals surface area (Å²) in [6.45, 7) is 0.179. The molecule has 1 aliphatic carbocycles. The summed E-state index contributed by atoms with van der Waals surface area (Å²) in [7, 11) is 0. The molecule has 132 valence electrons. The molecule has 2 N–H and O–H groups in total. The maximum atomic E-state index is 12.6. The quantitative estimate of drug-likeness (QED) is 0.747. The standard InChI is InChI=1S/C19H19N5O2/c25-18(15-6-3-8-16(11-15)24-13-21-22-23-24)20-12-19(26)10-4-7-14-5-1-2-9-17(14)19/h1-3,5-6,8-9,11,13,26H,4,7,10,12H2,(H,20,25)/t19-/m1/s1. The summed E-state index contributed by atoms with van der Waals surface area (Å²) >= 11 is 0. The number of nitrogens with one attached hydrogen (secondary N) is 1. The fraction of sp³-hybridized carbons (Fsp3) is 0.263. The van der Waals surface area contributed by atoms with Crippen LogP contribution < -0.4 is 5.32 Å². The van der Waals surface area contributed by atoms with Gasteiger partial charge in [-0.05, 0) is 59.0 Å². The van der Waals surface area contributed by atoms with E-state index in [1.165, 1.54) is 11.0 Å². The third-order valence-electron chi connectivity index (χ3n) is 4.82. The van der Waals surface area contributed by atoms with Gasteiger partial charge in [-0.1, -0.05) is 30.3 Å². The molecular formula is C19H19N5O2. The Hall–Kier alpha value is -3.06. The van der Waals surface area contributed by atoms with E-state index in [1.807, 2.05) is 30.3 Å². The summed E-state index contributed by atoms with van der Waals surface area (Å²) in [5.41, 5.74) is 2.22. The lowest BCUT2D eigenvalue weighted by Crippen LogP contribution is -2.43. The minimum Gasteiger partial charge on any atom is -0.383 e. The van der Waals surface area contributed by atoms with Gasteiger partial charge in [0.2, 0.25) is 0 Å². The number of fused-ring (bicyclic) bond motifs is 1. The number of hydrogen-bond donors (Lipinski definition) is 2. The van der Waals surface area contributed by atoms with E-state index in [0.29, 0.717) is 17.7 Å². The van der Waals surface area contributed by atoms with E-state index in [4.69, 9.17) is 0 Å². The molecule has 0 unspecified atom stereocenters. The van der Waals surface area contributed by atoms with E-state index in [0.717, 1.165) is 24.0 Å². The second-order valence-corrected chi connectivity index (χ2v) is 6.53. The van der Waals surface area contributed by atoms with E-state index < -0.39 is 5.60 Å². The largest absolute Gasteiger partial charge is 0.383 e. The molecule has 1 atom stereocenters. The van der Waals surface area contributed by atoms with Gasteiger partial charge in [0.05, 0.1) is 12.2 Å². The molecule has 0 saturated heterocycles. The lowest BCUT2D eigenvalue weighted by Gasteiger charge is -2.34. The molecule has 26 heavy (non-hydrogen) atoms. The third kappa shape index (κ3) is 3.09. The van der Waals surface area contributed by atoms with Gasteiger partial charge in [0.25, 0.3) is 5.91 Å². The molecule has 1 aromatic heterocycles. The van der Waals surface area contributed by atoms with E-state index in [9.17, 15) is 9.90 Å². The minimum atomic E-state index is -1.03. The molecule has 1 heterocycles. The summed E-state index contributed by atoms with van der Waals surface area (Å²) in [4.78, 5) is 12.6. The van der Waals surface area contributed by atoms with Crippen LogP contribution in [0.3, 0.4) is 0 Å². The van der Waals surface area contributed by atoms with Gasteiger partial charge in [-0.2, -0.15) is 0 Å². The number of hydrogen-bond acceptors (Lipinski definition) is 5. The first kappa shape index (κ1) is 16.4. The molecule has 0 bridgehead atoms. The molecular weight excluding hydrogens is 330 g/mol. The highest BCUT2D eigenvalue weighted by Crippen LogP contribution is 2.34. The minimum absolute atomic E-state index is 0.179. The van der Waals surface area contributed by atoms with Crippen molar-refractivity contribution in [3.63, 3.8) is 0 Å². The van der Waals surface area contributed by atoms with Gasteiger partial charge >= 0.3 is 0 Å². The zero-order valence-corrected chi connectivity index (χ0v) is 14.2. The first-order chi connectivity index (χ1) is 12.7. The number of aryl methyl sites for hydroxylation is 1. The normalized spacial score (nSPS) is 19.0. The Kier molecular flexibility index (Phi) is 4.22. The Morgan fingerprint density at radius 2 is 2.12 bits per heavy atom. The Balaban J connectivity index is 1.51. The van der Waals surface area contributed by atoms with Crippen molar-refractivity contribution in [1.29, 1.82) is 0 Å². The van der Waals surface area contributed by atoms with Crippen molar-refractivity contribution in [1.82, 2.24) is 25.5 Å². The summed E-state index contributed by atoms with van der Waals surface area (Å²) in [5.74, 6) is -0.239. The van der Waals surface area contributed by atoms with E-state index >= 15 is 0 Å². The lowest BCUT2D eigenvalue weighted by atomic mass is 9.79. The summed E-state index contributed by atoms with van der Waals surface area (Å²) < 4.78 is 1.49. The first-order valence-electron chi connectivity index (χ1n) is 8.58. The maximum absolute atomic E-state index is 12.6. The Bertz CT molecular complexity index is 925. The van der Waals surface area contributed by atoms with Crippen LogP contribution in [0, 0.1) is 0 Å². The van der Waals surface area contributed by atoms with E-state index in [2.05, 4.69) is 20.8 Å².